The third-order valence-electron chi connectivity index (χ3n) is 5.74. The fourth-order valence-corrected chi connectivity index (χ4v) is 4.60. The molecule has 2 heterocycles. The average molecular weight is 482 g/mol. The Bertz CT molecular complexity index is 1030. The van der Waals surface area contributed by atoms with Crippen molar-refractivity contribution in [3.8, 4) is 0 Å². The van der Waals surface area contributed by atoms with Gasteiger partial charge in [-0.2, -0.15) is 4.31 Å². The highest BCUT2D eigenvalue weighted by atomic mass is 32.2. The minimum absolute atomic E-state index is 0.102. The molecule has 0 spiro atoms. The Morgan fingerprint density at radius 3 is 2.48 bits per heavy atom. The zero-order valence-electron chi connectivity index (χ0n) is 20.2. The second kappa shape index (κ2) is 11.1. The van der Waals surface area contributed by atoms with Crippen molar-refractivity contribution in [2.45, 2.75) is 66.0 Å². The van der Waals surface area contributed by atoms with Gasteiger partial charge < -0.3 is 15.1 Å². The third-order valence-corrected chi connectivity index (χ3v) is 6.99. The summed E-state index contributed by atoms with van der Waals surface area (Å²) >= 11 is 0. The van der Waals surface area contributed by atoms with Gasteiger partial charge in [0.2, 0.25) is 15.9 Å². The number of hydrogen-bond acceptors (Lipinski definition) is 6. The van der Waals surface area contributed by atoms with Gasteiger partial charge in [-0.3, -0.25) is 14.4 Å². The predicted molar refractivity (Wildman–Crippen MR) is 126 cm³/mol. The summed E-state index contributed by atoms with van der Waals surface area (Å²) in [6, 6.07) is -1.67. The number of ketones is 1. The van der Waals surface area contributed by atoms with Crippen LogP contribution in [0, 0.1) is 19.8 Å². The molecule has 0 bridgehead atoms. The average Bonchev–Trinajstić information content (AvgIpc) is 2.86. The summed E-state index contributed by atoms with van der Waals surface area (Å²) < 4.78 is 30.5. The summed E-state index contributed by atoms with van der Waals surface area (Å²) in [5, 5.41) is 5.48. The van der Waals surface area contributed by atoms with Crippen LogP contribution in [0.15, 0.2) is 10.5 Å². The first-order valence-electron chi connectivity index (χ1n) is 11.2. The molecule has 0 saturated carbocycles. The van der Waals surface area contributed by atoms with Gasteiger partial charge in [-0.05, 0) is 57.6 Å². The maximum atomic E-state index is 13.1. The van der Waals surface area contributed by atoms with Crippen LogP contribution in [-0.2, 0) is 19.6 Å². The highest BCUT2D eigenvalue weighted by Crippen LogP contribution is 2.23. The molecule has 1 aromatic heterocycles. The molecule has 1 fully saturated rings. The Labute approximate surface area is 196 Å². The van der Waals surface area contributed by atoms with E-state index >= 15 is 0 Å². The van der Waals surface area contributed by atoms with Gasteiger partial charge in [-0.1, -0.05) is 19.9 Å². The van der Waals surface area contributed by atoms with E-state index < -0.39 is 33.9 Å². The number of carbonyl (C=O) groups excluding carboxylic acids is 3. The molecule has 184 valence electrons. The number of nitrogens with zero attached hydrogens (tertiary/aromatic N) is 1. The van der Waals surface area contributed by atoms with Gasteiger partial charge in [0.05, 0.1) is 18.8 Å². The molecule has 2 atom stereocenters. The summed E-state index contributed by atoms with van der Waals surface area (Å²) in [5.74, 6) is -0.500. The molecule has 1 saturated heterocycles. The Kier molecular flexibility index (Phi) is 9.02. The molecule has 9 nitrogen and oxygen atoms in total. The monoisotopic (exact) mass is 481 g/mol. The zero-order chi connectivity index (χ0) is 24.9. The molecule has 0 radical (unpaired) electrons. The molecule has 0 aliphatic carbocycles. The predicted octanol–water partition coefficient (Wildman–Crippen LogP) is 2.18. The first kappa shape index (κ1) is 26.8. The lowest BCUT2D eigenvalue weighted by Crippen LogP contribution is -2.52. The SMILES string of the molecule is C/C=C\c1oc(C(=O)NC(CC(C)C)C(=O)NC2CCCN(S(C)(=O)=O)CC2=O)c(C)c1C. The van der Waals surface area contributed by atoms with Crippen LogP contribution in [-0.4, -0.2) is 61.7 Å². The van der Waals surface area contributed by atoms with Crippen molar-refractivity contribution < 1.29 is 27.2 Å². The highest BCUT2D eigenvalue weighted by molar-refractivity contribution is 7.88. The normalized spacial score (nSPS) is 19.0. The van der Waals surface area contributed by atoms with Crippen LogP contribution in [0.5, 0.6) is 0 Å². The van der Waals surface area contributed by atoms with E-state index in [-0.39, 0.29) is 30.6 Å². The Morgan fingerprint density at radius 1 is 1.24 bits per heavy atom. The number of nitrogens with one attached hydrogen (secondary N) is 2. The number of carbonyl (C=O) groups is 3. The third kappa shape index (κ3) is 7.01. The molecule has 2 N–H and O–H groups in total. The molecule has 2 unspecified atom stereocenters. The number of hydrogen-bond donors (Lipinski definition) is 2. The van der Waals surface area contributed by atoms with E-state index in [1.165, 1.54) is 0 Å². The fourth-order valence-electron chi connectivity index (χ4n) is 3.78. The van der Waals surface area contributed by atoms with Crippen molar-refractivity contribution in [2.75, 3.05) is 19.3 Å². The van der Waals surface area contributed by atoms with Crippen LogP contribution in [0.1, 0.15) is 67.5 Å². The standard InChI is InChI=1S/C23H35N3O6S/c1-7-9-20-15(4)16(5)21(32-20)23(29)25-18(12-14(2)3)22(28)24-17-10-8-11-26(13-19(17)27)33(6,30)31/h7,9,14,17-18H,8,10-13H2,1-6H3,(H,24,28)(H,25,29)/b9-7-. The Morgan fingerprint density at radius 2 is 1.91 bits per heavy atom. The van der Waals surface area contributed by atoms with Crippen molar-refractivity contribution in [1.29, 1.82) is 0 Å². The highest BCUT2D eigenvalue weighted by Gasteiger charge is 2.32. The Balaban J connectivity index is 2.16. The van der Waals surface area contributed by atoms with E-state index in [9.17, 15) is 22.8 Å². The van der Waals surface area contributed by atoms with E-state index in [1.54, 1.807) is 13.0 Å². The summed E-state index contributed by atoms with van der Waals surface area (Å²) in [5.41, 5.74) is 1.55. The molecule has 2 amide bonds. The number of amides is 2. The topological polar surface area (TPSA) is 126 Å². The maximum Gasteiger partial charge on any atom is 0.287 e. The van der Waals surface area contributed by atoms with Crippen molar-refractivity contribution in [2.24, 2.45) is 5.92 Å². The number of allylic oxidation sites excluding steroid dienone is 1. The lowest BCUT2D eigenvalue weighted by Gasteiger charge is -2.23. The van der Waals surface area contributed by atoms with E-state index in [0.717, 1.165) is 16.1 Å². The Hall–Kier alpha value is -2.46. The van der Waals surface area contributed by atoms with Crippen molar-refractivity contribution >= 4 is 33.7 Å². The van der Waals surface area contributed by atoms with Crippen LogP contribution >= 0.6 is 0 Å². The number of Topliss-reactive ketones (excluding diaryl/α,β-unsaturated/α-hetero) is 1. The van der Waals surface area contributed by atoms with Gasteiger partial charge in [0.15, 0.2) is 11.5 Å². The molecule has 2 rings (SSSR count). The second-order valence-corrected chi connectivity index (χ2v) is 10.9. The zero-order valence-corrected chi connectivity index (χ0v) is 21.0. The molecular formula is C23H35N3O6S. The summed E-state index contributed by atoms with van der Waals surface area (Å²) in [6.07, 6.45) is 5.80. The minimum Gasteiger partial charge on any atom is -0.451 e. The van der Waals surface area contributed by atoms with Gasteiger partial charge in [-0.25, -0.2) is 8.42 Å². The van der Waals surface area contributed by atoms with Crippen LogP contribution in [0.3, 0.4) is 0 Å². The minimum atomic E-state index is -3.50. The maximum absolute atomic E-state index is 13.1. The van der Waals surface area contributed by atoms with Crippen LogP contribution in [0.4, 0.5) is 0 Å². The van der Waals surface area contributed by atoms with Gasteiger partial charge in [-0.15, -0.1) is 0 Å². The summed E-state index contributed by atoms with van der Waals surface area (Å²) in [7, 11) is -3.50. The number of rotatable bonds is 8. The van der Waals surface area contributed by atoms with Crippen LogP contribution in [0.25, 0.3) is 6.08 Å². The first-order valence-corrected chi connectivity index (χ1v) is 13.0. The van der Waals surface area contributed by atoms with Gasteiger partial charge >= 0.3 is 0 Å². The van der Waals surface area contributed by atoms with Crippen LogP contribution < -0.4 is 10.6 Å². The quantitative estimate of drug-likeness (QED) is 0.586. The van der Waals surface area contributed by atoms with E-state index in [0.29, 0.717) is 30.6 Å². The van der Waals surface area contributed by atoms with Crippen molar-refractivity contribution in [3.63, 3.8) is 0 Å². The molecular weight excluding hydrogens is 446 g/mol. The van der Waals surface area contributed by atoms with E-state index in [4.69, 9.17) is 4.42 Å². The summed E-state index contributed by atoms with van der Waals surface area (Å²) in [6.45, 7) is 9.32. The smallest absolute Gasteiger partial charge is 0.287 e. The van der Waals surface area contributed by atoms with Gasteiger partial charge in [0.25, 0.3) is 5.91 Å². The molecule has 33 heavy (non-hydrogen) atoms. The fraction of sp³-hybridized carbons (Fsp3) is 0.609. The van der Waals surface area contributed by atoms with E-state index in [1.807, 2.05) is 33.8 Å². The van der Waals surface area contributed by atoms with Crippen LogP contribution in [0.2, 0.25) is 0 Å². The lowest BCUT2D eigenvalue weighted by atomic mass is 10.0. The molecule has 10 heteroatoms. The molecule has 1 aromatic rings. The largest absolute Gasteiger partial charge is 0.451 e. The first-order chi connectivity index (χ1) is 15.3. The summed E-state index contributed by atoms with van der Waals surface area (Å²) in [4.78, 5) is 38.6. The molecule has 1 aliphatic rings. The van der Waals surface area contributed by atoms with Gasteiger partial charge in [0, 0.05) is 12.1 Å². The second-order valence-electron chi connectivity index (χ2n) is 8.97. The van der Waals surface area contributed by atoms with Crippen molar-refractivity contribution in [1.82, 2.24) is 14.9 Å². The lowest BCUT2D eigenvalue weighted by molar-refractivity contribution is -0.129. The van der Waals surface area contributed by atoms with Crippen molar-refractivity contribution in [3.05, 3.63) is 28.7 Å². The van der Waals surface area contributed by atoms with E-state index in [2.05, 4.69) is 10.6 Å². The molecule has 0 aromatic carbocycles. The van der Waals surface area contributed by atoms with Gasteiger partial charge in [0.1, 0.15) is 11.8 Å². The number of furan rings is 1. The number of sulfonamides is 1. The molecule has 1 aliphatic heterocycles.